The largest absolute Gasteiger partial charge is 0.379 e. The second kappa shape index (κ2) is 13.1. The Labute approximate surface area is 206 Å². The maximum Gasteiger partial charge on any atom is 0.269 e. The summed E-state index contributed by atoms with van der Waals surface area (Å²) >= 11 is 0. The number of nitro benzene ring substituents is 1. The topological polar surface area (TPSA) is 111 Å². The predicted octanol–water partition coefficient (Wildman–Crippen LogP) is 3.62. The van der Waals surface area contributed by atoms with Gasteiger partial charge in [0.1, 0.15) is 0 Å². The average molecular weight is 482 g/mol. The van der Waals surface area contributed by atoms with Gasteiger partial charge in [0.05, 0.1) is 23.0 Å². The second-order valence-corrected chi connectivity index (χ2v) is 9.19. The fraction of sp³-hybridized carbons (Fsp3) is 0.481. The highest BCUT2D eigenvalue weighted by Gasteiger charge is 2.34. The Kier molecular flexibility index (Phi) is 9.93. The summed E-state index contributed by atoms with van der Waals surface area (Å²) < 4.78 is 5.65. The third kappa shape index (κ3) is 7.70. The highest BCUT2D eigenvalue weighted by Crippen LogP contribution is 2.20. The van der Waals surface area contributed by atoms with Gasteiger partial charge in [-0.2, -0.15) is 0 Å². The number of Topliss-reactive ketones (excluding diaryl/α,β-unsaturated/α-hetero) is 1. The van der Waals surface area contributed by atoms with E-state index in [0.29, 0.717) is 12.8 Å². The van der Waals surface area contributed by atoms with E-state index < -0.39 is 16.9 Å². The van der Waals surface area contributed by atoms with Crippen LogP contribution >= 0.6 is 0 Å². The summed E-state index contributed by atoms with van der Waals surface area (Å²) in [6.07, 6.45) is 3.77. The molecule has 188 valence electrons. The first-order valence-electron chi connectivity index (χ1n) is 12.3. The van der Waals surface area contributed by atoms with Crippen LogP contribution in [0, 0.1) is 16.0 Å². The van der Waals surface area contributed by atoms with Crippen molar-refractivity contribution >= 4 is 17.4 Å². The summed E-state index contributed by atoms with van der Waals surface area (Å²) in [6, 6.07) is 15.5. The zero-order valence-electron chi connectivity index (χ0n) is 20.4. The van der Waals surface area contributed by atoms with E-state index >= 15 is 0 Å². The number of hydrogen-bond donors (Lipinski definition) is 2. The van der Waals surface area contributed by atoms with Crippen molar-refractivity contribution in [1.82, 2.24) is 10.6 Å². The van der Waals surface area contributed by atoms with Crippen LogP contribution < -0.4 is 10.6 Å². The Hall–Kier alpha value is -3.10. The minimum Gasteiger partial charge on any atom is -0.379 e. The van der Waals surface area contributed by atoms with Crippen LogP contribution in [0.2, 0.25) is 0 Å². The maximum absolute atomic E-state index is 13.2. The zero-order valence-corrected chi connectivity index (χ0v) is 20.4. The number of carbonyl (C=O) groups excluding carboxylic acids is 2. The van der Waals surface area contributed by atoms with E-state index in [0.717, 1.165) is 36.9 Å². The van der Waals surface area contributed by atoms with Crippen LogP contribution in [0.5, 0.6) is 0 Å². The Morgan fingerprint density at radius 2 is 1.86 bits per heavy atom. The Bertz CT molecular complexity index is 974. The number of non-ortho nitro benzene ring substituents is 1. The number of aryl methyl sites for hydroxylation is 1. The van der Waals surface area contributed by atoms with E-state index in [9.17, 15) is 19.7 Å². The van der Waals surface area contributed by atoms with Gasteiger partial charge in [-0.05, 0) is 49.8 Å². The summed E-state index contributed by atoms with van der Waals surface area (Å²) in [5.74, 6) is -0.714. The molecule has 2 aromatic rings. The van der Waals surface area contributed by atoms with Crippen LogP contribution in [0.15, 0.2) is 54.6 Å². The Balaban J connectivity index is 1.68. The number of ketones is 1. The molecule has 0 saturated carbocycles. The van der Waals surface area contributed by atoms with E-state index in [1.54, 1.807) is 19.2 Å². The molecule has 1 heterocycles. The lowest BCUT2D eigenvalue weighted by atomic mass is 9.93. The molecule has 0 radical (unpaired) electrons. The molecular formula is C27H35N3O5. The number of nitrogens with one attached hydrogen (secondary N) is 2. The summed E-state index contributed by atoms with van der Waals surface area (Å²) in [5.41, 5.74) is 1.91. The van der Waals surface area contributed by atoms with Gasteiger partial charge in [-0.3, -0.25) is 19.7 Å². The number of nitrogens with zero attached hydrogens (tertiary/aromatic N) is 1. The number of benzene rings is 2. The molecule has 0 aromatic heterocycles. The Morgan fingerprint density at radius 1 is 1.14 bits per heavy atom. The van der Waals surface area contributed by atoms with Crippen LogP contribution in [0.4, 0.5) is 5.69 Å². The second-order valence-electron chi connectivity index (χ2n) is 9.19. The van der Waals surface area contributed by atoms with Crippen LogP contribution in [-0.4, -0.2) is 48.5 Å². The molecular weight excluding hydrogens is 446 g/mol. The Morgan fingerprint density at radius 3 is 2.46 bits per heavy atom. The van der Waals surface area contributed by atoms with E-state index in [-0.39, 0.29) is 35.9 Å². The first-order chi connectivity index (χ1) is 16.9. The highest BCUT2D eigenvalue weighted by molar-refractivity contribution is 5.90. The molecule has 2 N–H and O–H groups in total. The first-order valence-corrected chi connectivity index (χ1v) is 12.3. The maximum atomic E-state index is 13.2. The third-order valence-electron chi connectivity index (χ3n) is 6.70. The lowest BCUT2D eigenvalue weighted by Crippen LogP contribution is -2.50. The summed E-state index contributed by atoms with van der Waals surface area (Å²) in [6.45, 7) is 2.73. The quantitative estimate of drug-likeness (QED) is 0.334. The third-order valence-corrected chi connectivity index (χ3v) is 6.70. The fourth-order valence-corrected chi connectivity index (χ4v) is 4.68. The van der Waals surface area contributed by atoms with Gasteiger partial charge in [0.15, 0.2) is 5.78 Å². The van der Waals surface area contributed by atoms with Gasteiger partial charge in [-0.1, -0.05) is 49.4 Å². The lowest BCUT2D eigenvalue weighted by molar-refractivity contribution is -0.384. The van der Waals surface area contributed by atoms with Crippen molar-refractivity contribution in [3.63, 3.8) is 0 Å². The van der Waals surface area contributed by atoms with E-state index in [1.165, 1.54) is 12.1 Å². The summed E-state index contributed by atoms with van der Waals surface area (Å²) in [4.78, 5) is 36.9. The molecule has 0 spiro atoms. The van der Waals surface area contributed by atoms with Crippen LogP contribution in [0.3, 0.4) is 0 Å². The van der Waals surface area contributed by atoms with Crippen molar-refractivity contribution < 1.29 is 19.2 Å². The minimum atomic E-state index is -0.712. The van der Waals surface area contributed by atoms with Crippen molar-refractivity contribution in [1.29, 1.82) is 0 Å². The predicted molar refractivity (Wildman–Crippen MR) is 134 cm³/mol. The smallest absolute Gasteiger partial charge is 0.269 e. The summed E-state index contributed by atoms with van der Waals surface area (Å²) in [5, 5.41) is 17.3. The monoisotopic (exact) mass is 481 g/mol. The van der Waals surface area contributed by atoms with Gasteiger partial charge in [0.2, 0.25) is 5.91 Å². The van der Waals surface area contributed by atoms with E-state index in [2.05, 4.69) is 10.6 Å². The van der Waals surface area contributed by atoms with Gasteiger partial charge in [0, 0.05) is 31.7 Å². The number of methoxy groups -OCH3 is 1. The molecule has 1 fully saturated rings. The SMILES string of the molecule is CO[C@@H]([C@@H]1CCCN1)[C@@H](C)C(=O)NC(Cc1ccc([N+](=O)[O-])cc1)C(=O)CCCc1ccccc1. The molecule has 1 saturated heterocycles. The van der Waals surface area contributed by atoms with Gasteiger partial charge in [0.25, 0.3) is 5.69 Å². The van der Waals surface area contributed by atoms with Gasteiger partial charge in [-0.25, -0.2) is 0 Å². The number of hydrogen-bond acceptors (Lipinski definition) is 6. The van der Waals surface area contributed by atoms with Crippen LogP contribution in [0.1, 0.15) is 43.7 Å². The van der Waals surface area contributed by atoms with E-state index in [4.69, 9.17) is 4.74 Å². The average Bonchev–Trinajstić information content (AvgIpc) is 3.39. The zero-order chi connectivity index (χ0) is 25.2. The number of ether oxygens (including phenoxy) is 1. The standard InChI is InChI=1S/C27H35N3O5/c1-19(26(35-2)23-11-7-17-28-23)27(32)29-24(18-21-13-15-22(16-14-21)30(33)34)25(31)12-6-10-20-8-4-3-5-9-20/h3-5,8-9,13-16,19,23-24,26,28H,6-7,10-12,17-18H2,1-2H3,(H,29,32)/t19-,23+,24?,26-/m1/s1. The molecule has 4 atom stereocenters. The van der Waals surface area contributed by atoms with Crippen molar-refractivity contribution in [3.05, 3.63) is 75.8 Å². The minimum absolute atomic E-state index is 0.0101. The molecule has 8 nitrogen and oxygen atoms in total. The molecule has 2 aromatic carbocycles. The fourth-order valence-electron chi connectivity index (χ4n) is 4.68. The number of carbonyl (C=O) groups is 2. The van der Waals surface area contributed by atoms with Gasteiger partial charge in [-0.15, -0.1) is 0 Å². The van der Waals surface area contributed by atoms with Crippen LogP contribution in [-0.2, 0) is 27.2 Å². The molecule has 0 aliphatic carbocycles. The lowest BCUT2D eigenvalue weighted by Gasteiger charge is -2.29. The molecule has 3 rings (SSSR count). The molecule has 1 unspecified atom stereocenters. The van der Waals surface area contributed by atoms with Gasteiger partial charge < -0.3 is 15.4 Å². The highest BCUT2D eigenvalue weighted by atomic mass is 16.6. The van der Waals surface area contributed by atoms with Crippen molar-refractivity contribution in [3.8, 4) is 0 Å². The molecule has 1 aliphatic heterocycles. The molecule has 35 heavy (non-hydrogen) atoms. The van der Waals surface area contributed by atoms with Crippen LogP contribution in [0.25, 0.3) is 0 Å². The molecule has 8 heteroatoms. The molecule has 1 amide bonds. The van der Waals surface area contributed by atoms with Crippen molar-refractivity contribution in [2.75, 3.05) is 13.7 Å². The number of rotatable bonds is 13. The van der Waals surface area contributed by atoms with Crippen molar-refractivity contribution in [2.45, 2.75) is 63.6 Å². The van der Waals surface area contributed by atoms with E-state index in [1.807, 2.05) is 37.3 Å². The molecule has 1 aliphatic rings. The first kappa shape index (κ1) is 26.5. The molecule has 0 bridgehead atoms. The summed E-state index contributed by atoms with van der Waals surface area (Å²) in [7, 11) is 1.61. The number of nitro groups is 1. The van der Waals surface area contributed by atoms with Crippen molar-refractivity contribution in [2.24, 2.45) is 5.92 Å². The number of amides is 1. The van der Waals surface area contributed by atoms with Gasteiger partial charge >= 0.3 is 0 Å². The normalized spacial score (nSPS) is 17.9.